The van der Waals surface area contributed by atoms with E-state index in [0.29, 0.717) is 35.5 Å². The van der Waals surface area contributed by atoms with Gasteiger partial charge in [0.2, 0.25) is 0 Å². The van der Waals surface area contributed by atoms with E-state index in [4.69, 9.17) is 4.74 Å². The molecule has 5 aromatic rings. The van der Waals surface area contributed by atoms with E-state index in [9.17, 15) is 14.7 Å². The highest BCUT2D eigenvalue weighted by Crippen LogP contribution is 2.31. The van der Waals surface area contributed by atoms with E-state index in [-0.39, 0.29) is 39.0 Å². The zero-order valence-electron chi connectivity index (χ0n) is 25.5. The van der Waals surface area contributed by atoms with Gasteiger partial charge in [-0.3, -0.25) is 14.3 Å². The fourth-order valence-corrected chi connectivity index (χ4v) is 5.44. The number of nitrogens with one attached hydrogen (secondary N) is 1. The topological polar surface area (TPSA) is 129 Å². The minimum atomic E-state index is -0.696. The second-order valence-electron chi connectivity index (χ2n) is 12.8. The minimum Gasteiger partial charge on any atom is -0.392 e. The molecule has 0 saturated carbocycles. The summed E-state index contributed by atoms with van der Waals surface area (Å²) < 4.78 is 25.5. The smallest absolute Gasteiger partial charge is 0.283 e. The van der Waals surface area contributed by atoms with E-state index in [2.05, 4.69) is 20.5 Å². The molecule has 0 fully saturated rings. The monoisotopic (exact) mass is 599 g/mol. The van der Waals surface area contributed by atoms with Crippen molar-refractivity contribution in [2.24, 2.45) is 7.05 Å². The van der Waals surface area contributed by atoms with Gasteiger partial charge in [-0.1, -0.05) is 20.8 Å². The van der Waals surface area contributed by atoms with Crippen LogP contribution >= 0.6 is 0 Å². The molecule has 0 atom stereocenters. The third-order valence-electron chi connectivity index (χ3n) is 7.86. The SMILES string of the molecule is Cn1cc(-c2ccnc(-n3ncc4cc(C(C)(C)C)cc(F)c4c3=O)c2CO)cc(Nc2cc3n(n2)CC(C)(C)OC3)c1=O. The van der Waals surface area contributed by atoms with Gasteiger partial charge in [0.15, 0.2) is 11.6 Å². The van der Waals surface area contributed by atoms with Gasteiger partial charge in [-0.05, 0) is 54.7 Å². The summed E-state index contributed by atoms with van der Waals surface area (Å²) in [6, 6.07) is 8.30. The number of aliphatic hydroxyl groups is 1. The highest BCUT2D eigenvalue weighted by atomic mass is 19.1. The largest absolute Gasteiger partial charge is 0.392 e. The normalized spacial score (nSPS) is 14.5. The molecule has 0 saturated heterocycles. The molecule has 44 heavy (non-hydrogen) atoms. The minimum absolute atomic E-state index is 0.0592. The lowest BCUT2D eigenvalue weighted by molar-refractivity contribution is -0.0660. The van der Waals surface area contributed by atoms with E-state index in [1.807, 2.05) is 45.4 Å². The van der Waals surface area contributed by atoms with Crippen LogP contribution in [0, 0.1) is 5.82 Å². The van der Waals surface area contributed by atoms with E-state index in [0.717, 1.165) is 15.9 Å². The number of halogens is 1. The first-order valence-electron chi connectivity index (χ1n) is 14.3. The van der Waals surface area contributed by atoms with Crippen LogP contribution in [0.4, 0.5) is 15.9 Å². The van der Waals surface area contributed by atoms with Crippen molar-refractivity contribution in [3.63, 3.8) is 0 Å². The molecule has 228 valence electrons. The van der Waals surface area contributed by atoms with Crippen molar-refractivity contribution in [3.8, 4) is 16.9 Å². The van der Waals surface area contributed by atoms with Crippen molar-refractivity contribution in [1.29, 1.82) is 0 Å². The summed E-state index contributed by atoms with van der Waals surface area (Å²) >= 11 is 0. The Morgan fingerprint density at radius 1 is 1.14 bits per heavy atom. The summed E-state index contributed by atoms with van der Waals surface area (Å²) in [5, 5.41) is 22.8. The highest BCUT2D eigenvalue weighted by Gasteiger charge is 2.27. The number of nitrogens with zero attached hydrogens (tertiary/aromatic N) is 6. The van der Waals surface area contributed by atoms with Crippen LogP contribution in [0.1, 0.15) is 51.4 Å². The van der Waals surface area contributed by atoms with Gasteiger partial charge in [-0.2, -0.15) is 14.9 Å². The van der Waals surface area contributed by atoms with E-state index < -0.39 is 18.0 Å². The van der Waals surface area contributed by atoms with E-state index in [1.54, 1.807) is 31.4 Å². The molecule has 0 aliphatic carbocycles. The lowest BCUT2D eigenvalue weighted by Crippen LogP contribution is -2.36. The molecule has 0 spiro atoms. The molecule has 2 N–H and O–H groups in total. The van der Waals surface area contributed by atoms with Gasteiger partial charge in [0.1, 0.15) is 11.5 Å². The summed E-state index contributed by atoms with van der Waals surface area (Å²) in [5.74, 6) is -0.0963. The molecule has 4 aromatic heterocycles. The van der Waals surface area contributed by atoms with Crippen LogP contribution in [0.15, 0.2) is 58.5 Å². The van der Waals surface area contributed by atoms with Crippen LogP contribution in [0.25, 0.3) is 27.7 Å². The predicted octanol–water partition coefficient (Wildman–Crippen LogP) is 4.32. The average Bonchev–Trinajstić information content (AvgIpc) is 3.34. The Kier molecular flexibility index (Phi) is 7.01. The van der Waals surface area contributed by atoms with Crippen molar-refractivity contribution in [3.05, 3.63) is 92.3 Å². The van der Waals surface area contributed by atoms with Crippen LogP contribution in [0.5, 0.6) is 0 Å². The molecule has 0 bridgehead atoms. The number of benzene rings is 1. The summed E-state index contributed by atoms with van der Waals surface area (Å²) in [7, 11) is 1.62. The van der Waals surface area contributed by atoms with Crippen LogP contribution in [-0.2, 0) is 37.0 Å². The zero-order chi connectivity index (χ0) is 31.6. The molecule has 0 radical (unpaired) electrons. The molecule has 1 aliphatic rings. The first-order chi connectivity index (χ1) is 20.8. The fraction of sp³-hybridized carbons (Fsp3) is 0.344. The first-order valence-corrected chi connectivity index (χ1v) is 14.3. The Morgan fingerprint density at radius 3 is 2.64 bits per heavy atom. The van der Waals surface area contributed by atoms with Crippen molar-refractivity contribution < 1.29 is 14.2 Å². The van der Waals surface area contributed by atoms with Crippen LogP contribution < -0.4 is 16.4 Å². The van der Waals surface area contributed by atoms with Crippen LogP contribution in [-0.4, -0.2) is 39.8 Å². The third-order valence-corrected chi connectivity index (χ3v) is 7.86. The molecule has 6 rings (SSSR count). The fourth-order valence-electron chi connectivity index (χ4n) is 5.44. The zero-order valence-corrected chi connectivity index (χ0v) is 25.5. The molecule has 0 unspecified atom stereocenters. The van der Waals surface area contributed by atoms with Crippen LogP contribution in [0.3, 0.4) is 0 Å². The lowest BCUT2D eigenvalue weighted by atomic mass is 9.86. The summed E-state index contributed by atoms with van der Waals surface area (Å²) in [4.78, 5) is 31.0. The predicted molar refractivity (Wildman–Crippen MR) is 165 cm³/mol. The molecule has 1 aromatic carbocycles. The second kappa shape index (κ2) is 10.5. The molecular formula is C32H34FN7O4. The standard InChI is InChI=1S/C32H34FN7O4/c1-31(2,3)20-9-18-13-35-40(30(43)27(18)24(33)11-20)28-23(15-41)22(7-8-34-28)19-10-25(29(42)38(6)14-19)36-26-12-21-16-44-32(4,5)17-39(21)37-26/h7-14,41H,15-17H2,1-6H3,(H,36,37). The summed E-state index contributed by atoms with van der Waals surface area (Å²) in [6.07, 6.45) is 4.53. The number of hydrogen-bond donors (Lipinski definition) is 2. The van der Waals surface area contributed by atoms with Crippen molar-refractivity contribution in [1.82, 2.24) is 29.1 Å². The molecular weight excluding hydrogens is 565 g/mol. The number of aromatic nitrogens is 6. The highest BCUT2D eigenvalue weighted by molar-refractivity contribution is 5.83. The molecule has 12 heteroatoms. The quantitative estimate of drug-likeness (QED) is 0.306. The number of fused-ring (bicyclic) bond motifs is 2. The Balaban J connectivity index is 1.43. The van der Waals surface area contributed by atoms with Gasteiger partial charge >= 0.3 is 0 Å². The number of hydrogen-bond acceptors (Lipinski definition) is 8. The van der Waals surface area contributed by atoms with E-state index >= 15 is 4.39 Å². The summed E-state index contributed by atoms with van der Waals surface area (Å²) in [5.41, 5.74) is 1.62. The van der Waals surface area contributed by atoms with Gasteiger partial charge in [-0.15, -0.1) is 0 Å². The van der Waals surface area contributed by atoms with Crippen LogP contribution in [0.2, 0.25) is 0 Å². The molecule has 11 nitrogen and oxygen atoms in total. The Morgan fingerprint density at radius 2 is 1.91 bits per heavy atom. The molecule has 5 heterocycles. The number of aliphatic hydroxyl groups excluding tert-OH is 1. The van der Waals surface area contributed by atoms with Gasteiger partial charge in [0.25, 0.3) is 11.1 Å². The maximum absolute atomic E-state index is 15.3. The average molecular weight is 600 g/mol. The van der Waals surface area contributed by atoms with Gasteiger partial charge in [-0.25, -0.2) is 9.37 Å². The Labute approximate surface area is 252 Å². The maximum Gasteiger partial charge on any atom is 0.283 e. The van der Waals surface area contributed by atoms with Crippen molar-refractivity contribution >= 4 is 22.3 Å². The van der Waals surface area contributed by atoms with Gasteiger partial charge in [0.05, 0.1) is 42.6 Å². The lowest BCUT2D eigenvalue weighted by Gasteiger charge is -2.30. The number of rotatable bonds is 5. The second-order valence-corrected chi connectivity index (χ2v) is 12.8. The Hall–Kier alpha value is -4.68. The van der Waals surface area contributed by atoms with E-state index in [1.165, 1.54) is 23.0 Å². The Bertz CT molecular complexity index is 2050. The third kappa shape index (κ3) is 5.20. The summed E-state index contributed by atoms with van der Waals surface area (Å²) in [6.45, 7) is 10.4. The number of ether oxygens (including phenoxy) is 1. The van der Waals surface area contributed by atoms with Gasteiger partial charge in [0, 0.05) is 42.0 Å². The van der Waals surface area contributed by atoms with Crippen molar-refractivity contribution in [2.45, 2.75) is 65.4 Å². The number of anilines is 2. The molecule has 1 aliphatic heterocycles. The number of aryl methyl sites for hydroxylation is 1. The van der Waals surface area contributed by atoms with Gasteiger partial charge < -0.3 is 19.7 Å². The van der Waals surface area contributed by atoms with Crippen molar-refractivity contribution in [2.75, 3.05) is 5.32 Å². The maximum atomic E-state index is 15.3. The number of pyridine rings is 2. The molecule has 0 amide bonds. The first kappa shape index (κ1) is 29.4.